The van der Waals surface area contributed by atoms with Crippen molar-refractivity contribution in [2.24, 2.45) is 0 Å². The Morgan fingerprint density at radius 1 is 1.26 bits per heavy atom. The van der Waals surface area contributed by atoms with Crippen molar-refractivity contribution in [1.29, 1.82) is 0 Å². The fraction of sp³-hybridized carbons (Fsp3) is 0.533. The van der Waals surface area contributed by atoms with Crippen LogP contribution in [0.4, 0.5) is 0 Å². The first kappa shape index (κ1) is 15.5. The van der Waals surface area contributed by atoms with Crippen LogP contribution in [0.3, 0.4) is 0 Å². The van der Waals surface area contributed by atoms with E-state index in [1.807, 2.05) is 19.1 Å². The van der Waals surface area contributed by atoms with Gasteiger partial charge in [-0.2, -0.15) is 0 Å². The maximum Gasteiger partial charge on any atom is 0.220 e. The van der Waals surface area contributed by atoms with Crippen LogP contribution in [-0.4, -0.2) is 28.8 Å². The minimum atomic E-state index is 0.0478. The first-order valence-electron chi connectivity index (χ1n) is 6.80. The molecule has 0 saturated heterocycles. The molecule has 0 fully saturated rings. The minimum absolute atomic E-state index is 0.0478. The third-order valence-corrected chi connectivity index (χ3v) is 3.02. The van der Waals surface area contributed by atoms with E-state index in [0.717, 1.165) is 24.8 Å². The average molecular weight is 265 g/mol. The number of phenols is 1. The number of aliphatic hydroxyl groups excluding tert-OH is 1. The predicted octanol–water partition coefficient (Wildman–Crippen LogP) is 1.99. The zero-order valence-corrected chi connectivity index (χ0v) is 11.4. The van der Waals surface area contributed by atoms with Gasteiger partial charge in [-0.1, -0.05) is 12.1 Å². The lowest BCUT2D eigenvalue weighted by Crippen LogP contribution is -2.32. The van der Waals surface area contributed by atoms with E-state index in [1.54, 1.807) is 12.1 Å². The van der Waals surface area contributed by atoms with Gasteiger partial charge in [0, 0.05) is 19.1 Å². The van der Waals surface area contributed by atoms with E-state index in [4.69, 9.17) is 5.11 Å². The number of benzene rings is 1. The third kappa shape index (κ3) is 6.82. The van der Waals surface area contributed by atoms with E-state index < -0.39 is 0 Å². The lowest BCUT2D eigenvalue weighted by molar-refractivity contribution is -0.121. The molecule has 0 bridgehead atoms. The zero-order chi connectivity index (χ0) is 14.1. The largest absolute Gasteiger partial charge is 0.508 e. The summed E-state index contributed by atoms with van der Waals surface area (Å²) in [4.78, 5) is 11.6. The second kappa shape index (κ2) is 8.53. The molecule has 19 heavy (non-hydrogen) atoms. The number of unbranched alkanes of at least 4 members (excludes halogenated alkanes) is 1. The van der Waals surface area contributed by atoms with Crippen molar-refractivity contribution in [3.05, 3.63) is 29.8 Å². The number of aromatic hydroxyl groups is 1. The molecule has 0 aliphatic heterocycles. The molecule has 106 valence electrons. The molecule has 0 heterocycles. The number of hydrogen-bond acceptors (Lipinski definition) is 3. The van der Waals surface area contributed by atoms with E-state index in [1.165, 1.54) is 0 Å². The van der Waals surface area contributed by atoms with Gasteiger partial charge in [-0.15, -0.1) is 0 Å². The lowest BCUT2D eigenvalue weighted by Gasteiger charge is -2.13. The minimum Gasteiger partial charge on any atom is -0.508 e. The summed E-state index contributed by atoms with van der Waals surface area (Å²) in [6, 6.07) is 7.27. The lowest BCUT2D eigenvalue weighted by atomic mass is 10.1. The Bertz CT molecular complexity index is 375. The van der Waals surface area contributed by atoms with E-state index in [-0.39, 0.29) is 24.3 Å². The molecule has 1 atom stereocenters. The Hall–Kier alpha value is -1.55. The Kier molecular flexibility index (Phi) is 6.97. The number of rotatable bonds is 8. The van der Waals surface area contributed by atoms with Crippen molar-refractivity contribution >= 4 is 5.91 Å². The smallest absolute Gasteiger partial charge is 0.220 e. The van der Waals surface area contributed by atoms with Gasteiger partial charge in [-0.3, -0.25) is 4.79 Å². The van der Waals surface area contributed by atoms with Crippen LogP contribution in [0, 0.1) is 0 Å². The third-order valence-electron chi connectivity index (χ3n) is 3.02. The van der Waals surface area contributed by atoms with Gasteiger partial charge in [0.1, 0.15) is 5.75 Å². The standard InChI is InChI=1S/C15H23NO3/c1-12(16-15(19)4-2-3-11-17)5-6-13-7-9-14(18)10-8-13/h7-10,12,17-18H,2-6,11H2,1H3,(H,16,19). The summed E-state index contributed by atoms with van der Waals surface area (Å²) in [7, 11) is 0. The van der Waals surface area contributed by atoms with Crippen molar-refractivity contribution < 1.29 is 15.0 Å². The van der Waals surface area contributed by atoms with Crippen molar-refractivity contribution in [3.63, 3.8) is 0 Å². The summed E-state index contributed by atoms with van der Waals surface area (Å²) in [6.45, 7) is 2.13. The molecule has 1 rings (SSSR count). The van der Waals surface area contributed by atoms with Crippen LogP contribution in [-0.2, 0) is 11.2 Å². The molecule has 1 unspecified atom stereocenters. The SMILES string of the molecule is CC(CCc1ccc(O)cc1)NC(=O)CCCCO. The molecular weight excluding hydrogens is 242 g/mol. The molecule has 4 heteroatoms. The normalized spacial score (nSPS) is 12.1. The van der Waals surface area contributed by atoms with Gasteiger partial charge in [0.05, 0.1) is 0 Å². The van der Waals surface area contributed by atoms with Gasteiger partial charge < -0.3 is 15.5 Å². The number of carbonyl (C=O) groups is 1. The molecule has 0 spiro atoms. The number of phenolic OH excluding ortho intramolecular Hbond substituents is 1. The molecule has 1 aromatic rings. The maximum absolute atomic E-state index is 11.6. The Morgan fingerprint density at radius 2 is 1.95 bits per heavy atom. The number of hydrogen-bond donors (Lipinski definition) is 3. The van der Waals surface area contributed by atoms with E-state index in [2.05, 4.69) is 5.32 Å². The highest BCUT2D eigenvalue weighted by Crippen LogP contribution is 2.12. The first-order chi connectivity index (χ1) is 9.11. The highest BCUT2D eigenvalue weighted by molar-refractivity contribution is 5.76. The summed E-state index contributed by atoms with van der Waals surface area (Å²) >= 11 is 0. The number of aliphatic hydroxyl groups is 1. The van der Waals surface area contributed by atoms with Crippen molar-refractivity contribution in [2.75, 3.05) is 6.61 Å². The quantitative estimate of drug-likeness (QED) is 0.630. The van der Waals surface area contributed by atoms with E-state index in [9.17, 15) is 9.90 Å². The molecule has 0 aromatic heterocycles. The second-order valence-electron chi connectivity index (χ2n) is 4.85. The fourth-order valence-corrected chi connectivity index (χ4v) is 1.86. The zero-order valence-electron chi connectivity index (χ0n) is 11.4. The molecule has 0 aliphatic rings. The van der Waals surface area contributed by atoms with Crippen molar-refractivity contribution in [2.45, 2.75) is 45.1 Å². The van der Waals surface area contributed by atoms with Crippen molar-refractivity contribution in [3.8, 4) is 5.75 Å². The number of carbonyl (C=O) groups excluding carboxylic acids is 1. The van der Waals surface area contributed by atoms with Gasteiger partial charge >= 0.3 is 0 Å². The van der Waals surface area contributed by atoms with Crippen LogP contribution < -0.4 is 5.32 Å². The average Bonchev–Trinajstić information content (AvgIpc) is 2.38. The molecule has 0 saturated carbocycles. The number of nitrogens with one attached hydrogen (secondary N) is 1. The van der Waals surface area contributed by atoms with E-state index >= 15 is 0 Å². The van der Waals surface area contributed by atoms with Crippen LogP contribution in [0.5, 0.6) is 5.75 Å². The Balaban J connectivity index is 2.21. The Morgan fingerprint density at radius 3 is 2.58 bits per heavy atom. The summed E-state index contributed by atoms with van der Waals surface area (Å²) in [6.07, 6.45) is 3.63. The topological polar surface area (TPSA) is 69.6 Å². The molecule has 0 radical (unpaired) electrons. The summed E-state index contributed by atoms with van der Waals surface area (Å²) in [5.41, 5.74) is 1.15. The summed E-state index contributed by atoms with van der Waals surface area (Å²) < 4.78 is 0. The molecule has 3 N–H and O–H groups in total. The second-order valence-corrected chi connectivity index (χ2v) is 4.85. The van der Waals surface area contributed by atoms with Crippen LogP contribution in [0.15, 0.2) is 24.3 Å². The van der Waals surface area contributed by atoms with Gasteiger partial charge in [-0.05, 0) is 50.3 Å². The molecule has 1 amide bonds. The van der Waals surface area contributed by atoms with Crippen LogP contribution >= 0.6 is 0 Å². The summed E-state index contributed by atoms with van der Waals surface area (Å²) in [5, 5.41) is 20.8. The molecule has 1 aromatic carbocycles. The predicted molar refractivity (Wildman–Crippen MR) is 75.0 cm³/mol. The fourth-order valence-electron chi connectivity index (χ4n) is 1.86. The number of amides is 1. The molecule has 4 nitrogen and oxygen atoms in total. The van der Waals surface area contributed by atoms with Crippen LogP contribution in [0.2, 0.25) is 0 Å². The number of aryl methyl sites for hydroxylation is 1. The maximum atomic E-state index is 11.6. The van der Waals surface area contributed by atoms with Crippen LogP contribution in [0.1, 0.15) is 38.2 Å². The first-order valence-corrected chi connectivity index (χ1v) is 6.80. The van der Waals surface area contributed by atoms with Gasteiger partial charge in [0.15, 0.2) is 0 Å². The van der Waals surface area contributed by atoms with Gasteiger partial charge in [0.25, 0.3) is 0 Å². The highest BCUT2D eigenvalue weighted by Gasteiger charge is 2.07. The van der Waals surface area contributed by atoms with Crippen molar-refractivity contribution in [1.82, 2.24) is 5.32 Å². The van der Waals surface area contributed by atoms with E-state index in [0.29, 0.717) is 12.8 Å². The highest BCUT2D eigenvalue weighted by atomic mass is 16.3. The molecule has 0 aliphatic carbocycles. The van der Waals surface area contributed by atoms with Gasteiger partial charge in [0.2, 0.25) is 5.91 Å². The monoisotopic (exact) mass is 265 g/mol. The van der Waals surface area contributed by atoms with Crippen LogP contribution in [0.25, 0.3) is 0 Å². The molecular formula is C15H23NO3. The van der Waals surface area contributed by atoms with Gasteiger partial charge in [-0.25, -0.2) is 0 Å². The summed E-state index contributed by atoms with van der Waals surface area (Å²) in [5.74, 6) is 0.320. The Labute approximate surface area is 114 Å².